The first-order valence-corrected chi connectivity index (χ1v) is 6.67. The van der Waals surface area contributed by atoms with Crippen LogP contribution < -0.4 is 10.6 Å². The first kappa shape index (κ1) is 13.8. The second kappa shape index (κ2) is 6.02. The van der Waals surface area contributed by atoms with E-state index in [-0.39, 0.29) is 18.1 Å². The molecule has 0 aliphatic carbocycles. The summed E-state index contributed by atoms with van der Waals surface area (Å²) in [5.74, 6) is -0.0732. The van der Waals surface area contributed by atoms with Crippen LogP contribution in [-0.2, 0) is 4.74 Å². The average Bonchev–Trinajstić information content (AvgIpc) is 2.38. The zero-order valence-electron chi connectivity index (χ0n) is 11.7. The van der Waals surface area contributed by atoms with Crippen molar-refractivity contribution >= 4 is 11.6 Å². The second-order valence-corrected chi connectivity index (χ2v) is 5.00. The Morgan fingerprint density at radius 1 is 1.53 bits per heavy atom. The third kappa shape index (κ3) is 3.44. The maximum Gasteiger partial charge on any atom is 0.255 e. The van der Waals surface area contributed by atoms with Gasteiger partial charge in [-0.3, -0.25) is 9.78 Å². The Morgan fingerprint density at radius 2 is 2.32 bits per heavy atom. The fourth-order valence-electron chi connectivity index (χ4n) is 2.34. The molecule has 0 saturated carbocycles. The lowest BCUT2D eigenvalue weighted by atomic mass is 10.0. The topological polar surface area (TPSA) is 63.2 Å². The molecule has 2 atom stereocenters. The highest BCUT2D eigenvalue weighted by molar-refractivity contribution is 5.99. The average molecular weight is 263 g/mol. The van der Waals surface area contributed by atoms with Crippen LogP contribution in [0.5, 0.6) is 0 Å². The summed E-state index contributed by atoms with van der Waals surface area (Å²) < 4.78 is 5.48. The van der Waals surface area contributed by atoms with Gasteiger partial charge in [0.25, 0.3) is 5.91 Å². The van der Waals surface area contributed by atoms with Crippen molar-refractivity contribution in [2.24, 2.45) is 0 Å². The van der Waals surface area contributed by atoms with E-state index in [0.29, 0.717) is 12.2 Å². The van der Waals surface area contributed by atoms with E-state index in [1.165, 1.54) is 0 Å². The van der Waals surface area contributed by atoms with Gasteiger partial charge < -0.3 is 15.4 Å². The van der Waals surface area contributed by atoms with Gasteiger partial charge >= 0.3 is 0 Å². The van der Waals surface area contributed by atoms with Gasteiger partial charge in [-0.15, -0.1) is 0 Å². The van der Waals surface area contributed by atoms with Gasteiger partial charge in [0.05, 0.1) is 17.4 Å². The minimum Gasteiger partial charge on any atom is -0.387 e. The van der Waals surface area contributed by atoms with Crippen LogP contribution in [0, 0.1) is 6.92 Å². The Labute approximate surface area is 113 Å². The molecule has 1 amide bonds. The van der Waals surface area contributed by atoms with Crippen molar-refractivity contribution in [2.75, 3.05) is 19.0 Å². The number of rotatable bonds is 3. The molecule has 5 nitrogen and oxygen atoms in total. The molecule has 0 spiro atoms. The molecule has 0 bridgehead atoms. The Bertz CT molecular complexity index is 462. The normalized spacial score (nSPS) is 22.9. The monoisotopic (exact) mass is 263 g/mol. The van der Waals surface area contributed by atoms with E-state index in [2.05, 4.69) is 15.6 Å². The summed E-state index contributed by atoms with van der Waals surface area (Å²) in [6.07, 6.45) is 3.56. The number of anilines is 1. The van der Waals surface area contributed by atoms with E-state index in [1.807, 2.05) is 27.0 Å². The molecule has 1 aliphatic rings. The number of aromatic nitrogens is 1. The van der Waals surface area contributed by atoms with Crippen LogP contribution in [-0.4, -0.2) is 36.7 Å². The second-order valence-electron chi connectivity index (χ2n) is 5.00. The number of hydrogen-bond acceptors (Lipinski definition) is 4. The van der Waals surface area contributed by atoms with Crippen LogP contribution in [0.4, 0.5) is 5.69 Å². The summed E-state index contributed by atoms with van der Waals surface area (Å²) in [6.45, 7) is 4.64. The van der Waals surface area contributed by atoms with Gasteiger partial charge in [-0.2, -0.15) is 0 Å². The molecule has 1 fully saturated rings. The minimum absolute atomic E-state index is 0.0732. The van der Waals surface area contributed by atoms with E-state index < -0.39 is 0 Å². The third-order valence-corrected chi connectivity index (χ3v) is 3.37. The molecule has 1 aliphatic heterocycles. The van der Waals surface area contributed by atoms with Crippen LogP contribution in [0.3, 0.4) is 0 Å². The van der Waals surface area contributed by atoms with Gasteiger partial charge in [0.2, 0.25) is 0 Å². The van der Waals surface area contributed by atoms with E-state index in [4.69, 9.17) is 4.74 Å². The summed E-state index contributed by atoms with van der Waals surface area (Å²) in [6, 6.07) is 2.06. The van der Waals surface area contributed by atoms with Crippen LogP contribution in [0.25, 0.3) is 0 Å². The van der Waals surface area contributed by atoms with Crippen molar-refractivity contribution < 1.29 is 9.53 Å². The molecule has 1 aromatic heterocycles. The van der Waals surface area contributed by atoms with Gasteiger partial charge in [0.1, 0.15) is 0 Å². The number of nitrogens with one attached hydrogen (secondary N) is 2. The molecule has 0 aromatic carbocycles. The number of nitrogens with zero attached hydrogens (tertiary/aromatic N) is 1. The molecule has 5 heteroatoms. The lowest BCUT2D eigenvalue weighted by Gasteiger charge is -2.28. The minimum atomic E-state index is -0.0732. The first-order chi connectivity index (χ1) is 9.10. The molecule has 0 radical (unpaired) electrons. The Hall–Kier alpha value is -1.62. The molecule has 1 saturated heterocycles. The fourth-order valence-corrected chi connectivity index (χ4v) is 2.34. The van der Waals surface area contributed by atoms with Crippen molar-refractivity contribution in [3.63, 3.8) is 0 Å². The van der Waals surface area contributed by atoms with Crippen LogP contribution in [0.2, 0.25) is 0 Å². The summed E-state index contributed by atoms with van der Waals surface area (Å²) in [4.78, 5) is 16.5. The summed E-state index contributed by atoms with van der Waals surface area (Å²) in [5, 5.41) is 6.10. The summed E-state index contributed by atoms with van der Waals surface area (Å²) in [7, 11) is 1.81. The number of carbonyl (C=O) groups is 1. The molecular weight excluding hydrogens is 242 g/mol. The molecule has 19 heavy (non-hydrogen) atoms. The predicted molar refractivity (Wildman–Crippen MR) is 74.4 cm³/mol. The molecule has 2 unspecified atom stereocenters. The zero-order chi connectivity index (χ0) is 13.8. The highest BCUT2D eigenvalue weighted by atomic mass is 16.5. The number of carbonyl (C=O) groups excluding carboxylic acids is 1. The lowest BCUT2D eigenvalue weighted by Crippen LogP contribution is -2.41. The Kier molecular flexibility index (Phi) is 4.37. The van der Waals surface area contributed by atoms with Gasteiger partial charge in [-0.25, -0.2) is 0 Å². The molecular formula is C14H21N3O2. The smallest absolute Gasteiger partial charge is 0.255 e. The molecule has 2 heterocycles. The summed E-state index contributed by atoms with van der Waals surface area (Å²) in [5.41, 5.74) is 2.29. The van der Waals surface area contributed by atoms with Crippen LogP contribution in [0.15, 0.2) is 12.3 Å². The van der Waals surface area contributed by atoms with E-state index >= 15 is 0 Å². The number of amides is 1. The lowest BCUT2D eigenvalue weighted by molar-refractivity contribution is 0.0137. The van der Waals surface area contributed by atoms with Crippen molar-refractivity contribution in [2.45, 2.75) is 38.8 Å². The number of hydrogen-bond donors (Lipinski definition) is 2. The fraction of sp³-hybridized carbons (Fsp3) is 0.571. The van der Waals surface area contributed by atoms with Crippen molar-refractivity contribution in [3.8, 4) is 0 Å². The van der Waals surface area contributed by atoms with Gasteiger partial charge in [0.15, 0.2) is 0 Å². The van der Waals surface area contributed by atoms with Gasteiger partial charge in [0, 0.05) is 31.6 Å². The molecule has 2 rings (SSSR count). The number of aryl methyl sites for hydroxylation is 1. The summed E-state index contributed by atoms with van der Waals surface area (Å²) >= 11 is 0. The highest BCUT2D eigenvalue weighted by Crippen LogP contribution is 2.17. The molecule has 1 aromatic rings. The van der Waals surface area contributed by atoms with E-state index in [1.54, 1.807) is 6.20 Å². The Balaban J connectivity index is 2.07. The van der Waals surface area contributed by atoms with Crippen molar-refractivity contribution in [3.05, 3.63) is 23.5 Å². The number of pyridine rings is 1. The maximum atomic E-state index is 12.3. The van der Waals surface area contributed by atoms with Crippen LogP contribution >= 0.6 is 0 Å². The standard InChI is InChI=1S/C14H21N3O2/c1-9-6-13(15-3)12(8-16-9)14(18)17-11-4-5-19-10(2)7-11/h6,8,10-11H,4-5,7H2,1-3H3,(H,15,16)(H,17,18). The van der Waals surface area contributed by atoms with E-state index in [9.17, 15) is 4.79 Å². The molecule has 2 N–H and O–H groups in total. The van der Waals surface area contributed by atoms with Crippen molar-refractivity contribution in [1.29, 1.82) is 0 Å². The largest absolute Gasteiger partial charge is 0.387 e. The Morgan fingerprint density at radius 3 is 3.00 bits per heavy atom. The number of ether oxygens (including phenoxy) is 1. The van der Waals surface area contributed by atoms with Gasteiger partial charge in [-0.1, -0.05) is 0 Å². The molecule has 104 valence electrons. The zero-order valence-corrected chi connectivity index (χ0v) is 11.7. The SMILES string of the molecule is CNc1cc(C)ncc1C(=O)NC1CCOC(C)C1. The third-order valence-electron chi connectivity index (χ3n) is 3.37. The predicted octanol–water partition coefficient (Wildman–Crippen LogP) is 1.73. The van der Waals surface area contributed by atoms with Crippen LogP contribution in [0.1, 0.15) is 35.8 Å². The van der Waals surface area contributed by atoms with Gasteiger partial charge in [-0.05, 0) is 32.8 Å². The van der Waals surface area contributed by atoms with E-state index in [0.717, 1.165) is 24.2 Å². The highest BCUT2D eigenvalue weighted by Gasteiger charge is 2.22. The maximum absolute atomic E-state index is 12.3. The van der Waals surface area contributed by atoms with Crippen molar-refractivity contribution in [1.82, 2.24) is 10.3 Å². The quantitative estimate of drug-likeness (QED) is 0.871. The first-order valence-electron chi connectivity index (χ1n) is 6.67.